The van der Waals surface area contributed by atoms with Gasteiger partial charge < -0.3 is 27.3 Å². The molecule has 0 fully saturated rings. The second kappa shape index (κ2) is 11.3. The molecular weight excluding hydrogens is 326 g/mol. The van der Waals surface area contributed by atoms with E-state index in [0.717, 1.165) is 0 Å². The van der Waals surface area contributed by atoms with Crippen LogP contribution in [0.3, 0.4) is 0 Å². The van der Waals surface area contributed by atoms with Gasteiger partial charge >= 0.3 is 25.8 Å². The molecule has 0 bridgehead atoms. The Morgan fingerprint density at radius 1 is 0.471 bits per heavy atom. The fourth-order valence-corrected chi connectivity index (χ4v) is 0. The van der Waals surface area contributed by atoms with Crippen LogP contribution in [0.5, 0.6) is 0 Å². The van der Waals surface area contributed by atoms with E-state index in [2.05, 4.69) is 0 Å². The molecule has 0 saturated heterocycles. The maximum atomic E-state index is 8.52. The van der Waals surface area contributed by atoms with E-state index >= 15 is 0 Å². The first-order valence-corrected chi connectivity index (χ1v) is 6.00. The van der Waals surface area contributed by atoms with Crippen molar-refractivity contribution >= 4 is 57.0 Å². The van der Waals surface area contributed by atoms with E-state index in [-0.39, 0.29) is 25.8 Å². The molecule has 0 rings (SSSR count). The van der Waals surface area contributed by atoms with Gasteiger partial charge in [-0.3, -0.25) is 25.3 Å². The summed E-state index contributed by atoms with van der Waals surface area (Å²) in [6, 6.07) is 0. The van der Waals surface area contributed by atoms with Crippen LogP contribution in [0.25, 0.3) is 0 Å². The van der Waals surface area contributed by atoms with Crippen molar-refractivity contribution in [2.75, 3.05) is 0 Å². The zero-order chi connectivity index (χ0) is 13.5. The van der Waals surface area contributed by atoms with Gasteiger partial charge in [0.1, 0.15) is 0 Å². The molecule has 0 N–H and O–H groups in total. The van der Waals surface area contributed by atoms with Crippen LogP contribution >= 0.6 is 0 Å². The third-order valence-electron chi connectivity index (χ3n) is 0. The molecular formula is AlBO12S3. The molecule has 0 saturated carbocycles. The molecule has 0 radical (unpaired) electrons. The maximum Gasteiger partial charge on any atom is 3.00 e. The summed E-state index contributed by atoms with van der Waals surface area (Å²) in [4.78, 5) is 0. The molecule has 12 nitrogen and oxygen atoms in total. The Balaban J connectivity index is -0.0000000400. The zero-order valence-corrected chi connectivity index (χ0v) is 10.9. The molecule has 17 heteroatoms. The maximum absolute atomic E-state index is 8.52. The minimum Gasteiger partial charge on any atom is -0.759 e. The van der Waals surface area contributed by atoms with E-state index in [1.165, 1.54) is 0 Å². The Hall–Kier alpha value is 0.207. The molecule has 0 atom stereocenters. The molecule has 0 aromatic rings. The van der Waals surface area contributed by atoms with Crippen molar-refractivity contribution in [2.45, 2.75) is 0 Å². The van der Waals surface area contributed by atoms with Gasteiger partial charge in [-0.15, -0.1) is 0 Å². The smallest absolute Gasteiger partial charge is 0.759 e. The van der Waals surface area contributed by atoms with E-state index in [1.54, 1.807) is 0 Å². The van der Waals surface area contributed by atoms with Gasteiger partial charge in [0, 0.05) is 31.2 Å². The van der Waals surface area contributed by atoms with Crippen molar-refractivity contribution in [3.8, 4) is 0 Å². The average Bonchev–Trinajstić information content (AvgIpc) is 1.41. The summed E-state index contributed by atoms with van der Waals surface area (Å²) in [5.74, 6) is 0. The van der Waals surface area contributed by atoms with Crippen LogP contribution < -0.4 is 0 Å². The molecule has 0 amide bonds. The van der Waals surface area contributed by atoms with Gasteiger partial charge in [0.25, 0.3) is 0 Å². The van der Waals surface area contributed by atoms with E-state index in [1.807, 2.05) is 0 Å². The summed E-state index contributed by atoms with van der Waals surface area (Å²) >= 11 is 0. The van der Waals surface area contributed by atoms with Crippen LogP contribution in [0.15, 0.2) is 0 Å². The second-order valence-corrected chi connectivity index (χ2v) is 3.67. The Morgan fingerprint density at radius 3 is 0.471 bits per heavy atom. The van der Waals surface area contributed by atoms with Crippen molar-refractivity contribution in [1.29, 1.82) is 0 Å². The van der Waals surface area contributed by atoms with Crippen LogP contribution in [0.4, 0.5) is 0 Å². The van der Waals surface area contributed by atoms with E-state index in [9.17, 15) is 0 Å². The summed E-state index contributed by atoms with van der Waals surface area (Å²) < 4.78 is 102. The molecule has 0 aliphatic rings. The third kappa shape index (κ3) is 76100. The van der Waals surface area contributed by atoms with Crippen molar-refractivity contribution in [2.24, 2.45) is 0 Å². The van der Waals surface area contributed by atoms with Crippen LogP contribution in [-0.4, -0.2) is 78.3 Å². The Morgan fingerprint density at radius 2 is 0.471 bits per heavy atom. The molecule has 96 valence electrons. The van der Waals surface area contributed by atoms with E-state index in [4.69, 9.17) is 52.6 Å². The van der Waals surface area contributed by atoms with Gasteiger partial charge in [-0.25, -0.2) is 0 Å². The predicted octanol–water partition coefficient (Wildman–Crippen LogP) is -4.78. The quantitative estimate of drug-likeness (QED) is 0.231. The molecule has 0 unspecified atom stereocenters. The molecule has 17 heavy (non-hydrogen) atoms. The van der Waals surface area contributed by atoms with Crippen molar-refractivity contribution in [1.82, 2.24) is 0 Å². The minimum atomic E-state index is -5.17. The van der Waals surface area contributed by atoms with Gasteiger partial charge in [-0.05, 0) is 0 Å². The topological polar surface area (TPSA) is 241 Å². The Bertz CT molecular complexity index is 343. The van der Waals surface area contributed by atoms with Crippen LogP contribution in [0, 0.1) is 0 Å². The van der Waals surface area contributed by atoms with Crippen LogP contribution in [0.1, 0.15) is 0 Å². The first-order valence-electron chi connectivity index (χ1n) is 2.00. The Labute approximate surface area is 109 Å². The number of hydrogen-bond acceptors (Lipinski definition) is 12. The van der Waals surface area contributed by atoms with Gasteiger partial charge in [0.15, 0.2) is 0 Å². The summed E-state index contributed by atoms with van der Waals surface area (Å²) in [6.45, 7) is 0. The largest absolute Gasteiger partial charge is 3.00 e. The van der Waals surface area contributed by atoms with Crippen molar-refractivity contribution in [3.63, 3.8) is 0 Å². The summed E-state index contributed by atoms with van der Waals surface area (Å²) in [6.07, 6.45) is 0. The Kier molecular flexibility index (Phi) is 20.2. The molecule has 0 aliphatic carbocycles. The molecule has 0 aromatic heterocycles. The standard InChI is InChI=1S/Al.B.3H2O4S/c;;3*1-5(2,3)4/h;;3*(H2,1,2,3,4)/q2*+3;;;/p-6. The number of rotatable bonds is 0. The van der Waals surface area contributed by atoms with Gasteiger partial charge in [0.2, 0.25) is 0 Å². The SMILES string of the molecule is O=S(=O)([O-])[O-].O=S(=O)([O-])[O-].O=S(=O)([O-])[O-].[Al+3].[B+3]. The van der Waals surface area contributed by atoms with E-state index in [0.29, 0.717) is 0 Å². The third-order valence-corrected chi connectivity index (χ3v) is 0. The summed E-state index contributed by atoms with van der Waals surface area (Å²) in [5, 5.41) is 0. The minimum absolute atomic E-state index is 0. The van der Waals surface area contributed by atoms with Crippen molar-refractivity contribution in [3.05, 3.63) is 0 Å². The monoisotopic (exact) mass is 326 g/mol. The summed E-state index contributed by atoms with van der Waals surface area (Å²) in [5.41, 5.74) is 0. The van der Waals surface area contributed by atoms with Crippen LogP contribution in [-0.2, 0) is 31.2 Å². The second-order valence-electron chi connectivity index (χ2n) is 1.22. The van der Waals surface area contributed by atoms with E-state index < -0.39 is 31.2 Å². The fourth-order valence-electron chi connectivity index (χ4n) is 0. The molecule has 0 aromatic carbocycles. The predicted molar refractivity (Wildman–Crippen MR) is 42.9 cm³/mol. The average molecular weight is 326 g/mol. The van der Waals surface area contributed by atoms with Crippen LogP contribution in [0.2, 0.25) is 0 Å². The summed E-state index contributed by atoms with van der Waals surface area (Å²) in [7, 11) is -15.5. The van der Waals surface area contributed by atoms with Gasteiger partial charge in [-0.1, -0.05) is 0 Å². The number of hydrogen-bond donors (Lipinski definition) is 0. The first kappa shape index (κ1) is 30.3. The van der Waals surface area contributed by atoms with Gasteiger partial charge in [-0.2, -0.15) is 0 Å². The van der Waals surface area contributed by atoms with Crippen molar-refractivity contribution < 1.29 is 52.6 Å². The first-order chi connectivity index (χ1) is 6.00. The zero-order valence-electron chi connectivity index (χ0n) is 7.28. The molecule has 0 heterocycles. The van der Waals surface area contributed by atoms with Gasteiger partial charge in [0.05, 0.1) is 0 Å². The fraction of sp³-hybridized carbons (Fsp3) is 0. The molecule has 0 spiro atoms. The molecule has 0 aliphatic heterocycles. The normalized spacial score (nSPS) is 10.2.